The third-order valence-corrected chi connectivity index (χ3v) is 3.50. The van der Waals surface area contributed by atoms with Crippen LogP contribution in [0.15, 0.2) is 66.7 Å². The standard InChI is InChI=1S/C20H16O5/c1-2-23-20(22)25-17-13-7-11-14-10-6-12-16(18(14)17)24-19(21)15-8-4-3-5-9-15/h3-13H,2H2,1H3. The van der Waals surface area contributed by atoms with Crippen molar-refractivity contribution in [3.63, 3.8) is 0 Å². The largest absolute Gasteiger partial charge is 0.513 e. The van der Waals surface area contributed by atoms with Crippen LogP contribution in [0, 0.1) is 0 Å². The number of hydrogen-bond donors (Lipinski definition) is 0. The lowest BCUT2D eigenvalue weighted by atomic mass is 10.1. The summed E-state index contributed by atoms with van der Waals surface area (Å²) in [6, 6.07) is 19.2. The van der Waals surface area contributed by atoms with Gasteiger partial charge in [0.1, 0.15) is 11.5 Å². The maximum Gasteiger partial charge on any atom is 0.513 e. The van der Waals surface area contributed by atoms with Crippen molar-refractivity contribution in [3.8, 4) is 11.5 Å². The number of esters is 1. The molecule has 0 heterocycles. The Hall–Kier alpha value is -3.34. The summed E-state index contributed by atoms with van der Waals surface area (Å²) < 4.78 is 15.6. The van der Waals surface area contributed by atoms with Crippen molar-refractivity contribution in [1.29, 1.82) is 0 Å². The molecule has 25 heavy (non-hydrogen) atoms. The van der Waals surface area contributed by atoms with Crippen LogP contribution in [0.25, 0.3) is 10.8 Å². The van der Waals surface area contributed by atoms with Gasteiger partial charge in [-0.05, 0) is 36.6 Å². The molecule has 3 aromatic carbocycles. The van der Waals surface area contributed by atoms with Gasteiger partial charge in [0, 0.05) is 0 Å². The Morgan fingerprint density at radius 1 is 0.800 bits per heavy atom. The van der Waals surface area contributed by atoms with E-state index in [9.17, 15) is 9.59 Å². The summed E-state index contributed by atoms with van der Waals surface area (Å²) in [4.78, 5) is 24.0. The van der Waals surface area contributed by atoms with Crippen LogP contribution < -0.4 is 9.47 Å². The van der Waals surface area contributed by atoms with E-state index in [1.54, 1.807) is 55.5 Å². The Balaban J connectivity index is 1.97. The van der Waals surface area contributed by atoms with Gasteiger partial charge in [0.05, 0.1) is 17.6 Å². The van der Waals surface area contributed by atoms with Crippen LogP contribution >= 0.6 is 0 Å². The molecule has 3 aromatic rings. The maximum atomic E-state index is 12.3. The van der Waals surface area contributed by atoms with Gasteiger partial charge in [0.2, 0.25) is 0 Å². The van der Waals surface area contributed by atoms with Crippen LogP contribution in [-0.4, -0.2) is 18.7 Å². The summed E-state index contributed by atoms with van der Waals surface area (Å²) in [5.41, 5.74) is 0.434. The van der Waals surface area contributed by atoms with Gasteiger partial charge >= 0.3 is 12.1 Å². The molecule has 3 rings (SSSR count). The molecule has 0 atom stereocenters. The molecule has 0 fully saturated rings. The smallest absolute Gasteiger partial charge is 0.434 e. The first kappa shape index (κ1) is 16.5. The fourth-order valence-electron chi connectivity index (χ4n) is 2.41. The van der Waals surface area contributed by atoms with Gasteiger partial charge < -0.3 is 14.2 Å². The highest BCUT2D eigenvalue weighted by Crippen LogP contribution is 2.34. The van der Waals surface area contributed by atoms with Crippen molar-refractivity contribution in [1.82, 2.24) is 0 Å². The number of benzene rings is 3. The fraction of sp³-hybridized carbons (Fsp3) is 0.100. The first-order chi connectivity index (χ1) is 12.2. The summed E-state index contributed by atoms with van der Waals surface area (Å²) in [5.74, 6) is 0.0951. The van der Waals surface area contributed by atoms with Crippen molar-refractivity contribution < 1.29 is 23.8 Å². The topological polar surface area (TPSA) is 61.8 Å². The second-order valence-electron chi connectivity index (χ2n) is 5.15. The van der Waals surface area contributed by atoms with Crippen molar-refractivity contribution in [2.24, 2.45) is 0 Å². The van der Waals surface area contributed by atoms with Gasteiger partial charge in [-0.15, -0.1) is 0 Å². The van der Waals surface area contributed by atoms with Crippen LogP contribution in [0.4, 0.5) is 4.79 Å². The molecule has 5 heteroatoms. The van der Waals surface area contributed by atoms with E-state index in [1.165, 1.54) is 0 Å². The van der Waals surface area contributed by atoms with Gasteiger partial charge in [-0.1, -0.05) is 42.5 Å². The summed E-state index contributed by atoms with van der Waals surface area (Å²) in [5, 5.41) is 1.31. The molecule has 126 valence electrons. The number of carbonyl (C=O) groups excluding carboxylic acids is 2. The molecule has 5 nitrogen and oxygen atoms in total. The van der Waals surface area contributed by atoms with Gasteiger partial charge in [-0.25, -0.2) is 9.59 Å². The Labute approximate surface area is 144 Å². The molecule has 0 aliphatic rings. The van der Waals surface area contributed by atoms with Crippen molar-refractivity contribution in [2.45, 2.75) is 6.92 Å². The predicted octanol–water partition coefficient (Wildman–Crippen LogP) is 4.59. The third kappa shape index (κ3) is 3.77. The number of hydrogen-bond acceptors (Lipinski definition) is 5. The molecule has 0 amide bonds. The molecule has 0 saturated carbocycles. The Morgan fingerprint density at radius 2 is 1.44 bits per heavy atom. The lowest BCUT2D eigenvalue weighted by Crippen LogP contribution is -2.11. The minimum Gasteiger partial charge on any atom is -0.434 e. The van der Waals surface area contributed by atoms with Crippen LogP contribution in [0.2, 0.25) is 0 Å². The zero-order valence-corrected chi connectivity index (χ0v) is 13.6. The van der Waals surface area contributed by atoms with Gasteiger partial charge in [-0.3, -0.25) is 0 Å². The molecule has 0 aliphatic carbocycles. The molecule has 0 radical (unpaired) electrons. The quantitative estimate of drug-likeness (QED) is 0.396. The molecule has 0 bridgehead atoms. The fourth-order valence-corrected chi connectivity index (χ4v) is 2.41. The van der Waals surface area contributed by atoms with E-state index < -0.39 is 12.1 Å². The summed E-state index contributed by atoms with van der Waals surface area (Å²) in [6.45, 7) is 1.90. The zero-order chi connectivity index (χ0) is 17.6. The summed E-state index contributed by atoms with van der Waals surface area (Å²) in [7, 11) is 0. The average molecular weight is 336 g/mol. The van der Waals surface area contributed by atoms with E-state index in [4.69, 9.17) is 14.2 Å². The molecule has 0 aliphatic heterocycles. The van der Waals surface area contributed by atoms with Gasteiger partial charge in [0.25, 0.3) is 0 Å². The minimum absolute atomic E-state index is 0.208. The monoisotopic (exact) mass is 336 g/mol. The Kier molecular flexibility index (Phi) is 4.95. The molecule has 0 unspecified atom stereocenters. The van der Waals surface area contributed by atoms with Crippen LogP contribution in [0.5, 0.6) is 11.5 Å². The van der Waals surface area contributed by atoms with Crippen molar-refractivity contribution in [2.75, 3.05) is 6.61 Å². The van der Waals surface area contributed by atoms with E-state index in [-0.39, 0.29) is 12.4 Å². The van der Waals surface area contributed by atoms with E-state index in [1.807, 2.05) is 18.2 Å². The van der Waals surface area contributed by atoms with Gasteiger partial charge in [-0.2, -0.15) is 0 Å². The lowest BCUT2D eigenvalue weighted by molar-refractivity contribution is 0.0737. The predicted molar refractivity (Wildman–Crippen MR) is 93.0 cm³/mol. The van der Waals surface area contributed by atoms with E-state index >= 15 is 0 Å². The number of fused-ring (bicyclic) bond motifs is 1. The molecular formula is C20H16O5. The van der Waals surface area contributed by atoms with Crippen molar-refractivity contribution >= 4 is 22.9 Å². The van der Waals surface area contributed by atoms with E-state index in [0.29, 0.717) is 16.7 Å². The van der Waals surface area contributed by atoms with E-state index in [0.717, 1.165) is 5.39 Å². The molecule has 0 spiro atoms. The Morgan fingerprint density at radius 3 is 2.08 bits per heavy atom. The highest BCUT2D eigenvalue weighted by atomic mass is 16.7. The normalized spacial score (nSPS) is 10.3. The average Bonchev–Trinajstić information content (AvgIpc) is 2.63. The maximum absolute atomic E-state index is 12.3. The SMILES string of the molecule is CCOC(=O)Oc1cccc2cccc(OC(=O)c3ccccc3)c12. The zero-order valence-electron chi connectivity index (χ0n) is 13.6. The van der Waals surface area contributed by atoms with E-state index in [2.05, 4.69) is 0 Å². The third-order valence-electron chi connectivity index (χ3n) is 3.50. The molecule has 0 saturated heterocycles. The number of ether oxygens (including phenoxy) is 3. The van der Waals surface area contributed by atoms with Gasteiger partial charge in [0.15, 0.2) is 0 Å². The van der Waals surface area contributed by atoms with Crippen LogP contribution in [0.1, 0.15) is 17.3 Å². The number of carbonyl (C=O) groups is 2. The highest BCUT2D eigenvalue weighted by Gasteiger charge is 2.15. The molecule has 0 aromatic heterocycles. The first-order valence-electron chi connectivity index (χ1n) is 7.82. The second kappa shape index (κ2) is 7.49. The minimum atomic E-state index is -0.806. The van der Waals surface area contributed by atoms with Crippen LogP contribution in [-0.2, 0) is 4.74 Å². The molecule has 0 N–H and O–H groups in total. The molecular weight excluding hydrogens is 320 g/mol. The highest BCUT2D eigenvalue weighted by molar-refractivity contribution is 5.98. The Bertz CT molecular complexity index is 897. The lowest BCUT2D eigenvalue weighted by Gasteiger charge is -2.12. The van der Waals surface area contributed by atoms with Crippen LogP contribution in [0.3, 0.4) is 0 Å². The second-order valence-corrected chi connectivity index (χ2v) is 5.15. The van der Waals surface area contributed by atoms with Crippen molar-refractivity contribution in [3.05, 3.63) is 72.3 Å². The summed E-state index contributed by atoms with van der Waals surface area (Å²) in [6.07, 6.45) is -0.806. The summed E-state index contributed by atoms with van der Waals surface area (Å²) >= 11 is 0. The first-order valence-corrected chi connectivity index (χ1v) is 7.82. The number of rotatable bonds is 4.